The van der Waals surface area contributed by atoms with Crippen LogP contribution in [0.25, 0.3) is 0 Å². The van der Waals surface area contributed by atoms with Gasteiger partial charge in [-0.25, -0.2) is 0 Å². The topological polar surface area (TPSA) is 35.5 Å². The van der Waals surface area contributed by atoms with Gasteiger partial charge in [-0.15, -0.1) is 0 Å². The summed E-state index contributed by atoms with van der Waals surface area (Å²) in [5.74, 6) is 0.580. The third-order valence-electron chi connectivity index (χ3n) is 3.33. The van der Waals surface area contributed by atoms with E-state index in [2.05, 4.69) is 41.4 Å². The van der Waals surface area contributed by atoms with Gasteiger partial charge < -0.3 is 15.3 Å². The quantitative estimate of drug-likeness (QED) is 0.743. The van der Waals surface area contributed by atoms with Crippen LogP contribution in [0.1, 0.15) is 25.3 Å². The number of aliphatic hydroxyl groups excluding tert-OH is 1. The van der Waals surface area contributed by atoms with Crippen LogP contribution in [0.5, 0.6) is 0 Å². The van der Waals surface area contributed by atoms with Crippen molar-refractivity contribution in [2.45, 2.75) is 26.3 Å². The Balaban J connectivity index is 2.34. The minimum absolute atomic E-state index is 0.289. The molecule has 0 fully saturated rings. The summed E-state index contributed by atoms with van der Waals surface area (Å²) in [7, 11) is 4.10. The Labute approximate surface area is 111 Å². The predicted octanol–water partition coefficient (Wildman–Crippen LogP) is 2.25. The summed E-state index contributed by atoms with van der Waals surface area (Å²) in [6.07, 6.45) is 2.01. The minimum atomic E-state index is 0.289. The third kappa shape index (κ3) is 5.07. The third-order valence-corrected chi connectivity index (χ3v) is 3.33. The van der Waals surface area contributed by atoms with Gasteiger partial charge in [0.15, 0.2) is 0 Å². The lowest BCUT2D eigenvalue weighted by Gasteiger charge is -2.15. The summed E-state index contributed by atoms with van der Waals surface area (Å²) in [6.45, 7) is 4.34. The average molecular weight is 250 g/mol. The second-order valence-corrected chi connectivity index (χ2v) is 4.98. The van der Waals surface area contributed by atoms with E-state index in [4.69, 9.17) is 5.11 Å². The Morgan fingerprint density at radius 2 is 1.89 bits per heavy atom. The number of hydrogen-bond acceptors (Lipinski definition) is 3. The molecule has 3 heteroatoms. The molecule has 0 aromatic heterocycles. The maximum atomic E-state index is 8.93. The molecule has 1 rings (SSSR count). The Kier molecular flexibility index (Phi) is 6.76. The van der Waals surface area contributed by atoms with Gasteiger partial charge in [-0.3, -0.25) is 0 Å². The standard InChI is InChI=1S/C15H26N2O/c1-4-13(9-10-18)11-16-12-14-5-7-15(8-6-14)17(2)3/h5-8,13,16,18H,4,9-12H2,1-3H3. The van der Waals surface area contributed by atoms with E-state index in [9.17, 15) is 0 Å². The minimum Gasteiger partial charge on any atom is -0.396 e. The number of anilines is 1. The lowest BCUT2D eigenvalue weighted by molar-refractivity contribution is 0.251. The lowest BCUT2D eigenvalue weighted by atomic mass is 10.0. The van der Waals surface area contributed by atoms with E-state index in [1.54, 1.807) is 0 Å². The van der Waals surface area contributed by atoms with Crippen molar-refractivity contribution in [1.29, 1.82) is 0 Å². The van der Waals surface area contributed by atoms with Crippen molar-refractivity contribution in [3.05, 3.63) is 29.8 Å². The van der Waals surface area contributed by atoms with Gasteiger partial charge in [0.1, 0.15) is 0 Å². The molecular formula is C15H26N2O. The second kappa shape index (κ2) is 8.11. The molecule has 102 valence electrons. The van der Waals surface area contributed by atoms with Crippen LogP contribution in [0.3, 0.4) is 0 Å². The first-order valence-electron chi connectivity index (χ1n) is 6.75. The zero-order valence-electron chi connectivity index (χ0n) is 11.8. The van der Waals surface area contributed by atoms with Gasteiger partial charge in [-0.05, 0) is 36.6 Å². The van der Waals surface area contributed by atoms with Crippen molar-refractivity contribution < 1.29 is 5.11 Å². The normalized spacial score (nSPS) is 12.4. The molecular weight excluding hydrogens is 224 g/mol. The van der Waals surface area contributed by atoms with Gasteiger partial charge in [0, 0.05) is 32.9 Å². The van der Waals surface area contributed by atoms with E-state index < -0.39 is 0 Å². The monoisotopic (exact) mass is 250 g/mol. The molecule has 0 bridgehead atoms. The lowest BCUT2D eigenvalue weighted by Crippen LogP contribution is -2.22. The van der Waals surface area contributed by atoms with Crippen molar-refractivity contribution in [2.75, 3.05) is 32.1 Å². The summed E-state index contributed by atoms with van der Waals surface area (Å²) in [5.41, 5.74) is 2.53. The van der Waals surface area contributed by atoms with Crippen molar-refractivity contribution in [3.63, 3.8) is 0 Å². The number of aliphatic hydroxyl groups is 1. The van der Waals surface area contributed by atoms with Crippen LogP contribution < -0.4 is 10.2 Å². The largest absolute Gasteiger partial charge is 0.396 e. The van der Waals surface area contributed by atoms with Crippen LogP contribution in [-0.4, -0.2) is 32.4 Å². The van der Waals surface area contributed by atoms with Crippen LogP contribution in [-0.2, 0) is 6.54 Å². The molecule has 0 aliphatic carbocycles. The fourth-order valence-electron chi connectivity index (χ4n) is 1.97. The molecule has 2 N–H and O–H groups in total. The van der Waals surface area contributed by atoms with E-state index in [1.165, 1.54) is 11.3 Å². The van der Waals surface area contributed by atoms with Crippen LogP contribution >= 0.6 is 0 Å². The van der Waals surface area contributed by atoms with E-state index in [-0.39, 0.29) is 6.61 Å². The molecule has 0 amide bonds. The van der Waals surface area contributed by atoms with Crippen molar-refractivity contribution in [1.82, 2.24) is 5.32 Å². The zero-order valence-corrected chi connectivity index (χ0v) is 11.8. The Morgan fingerprint density at radius 3 is 2.39 bits per heavy atom. The van der Waals surface area contributed by atoms with Crippen molar-refractivity contribution in [2.24, 2.45) is 5.92 Å². The molecule has 0 aliphatic heterocycles. The second-order valence-electron chi connectivity index (χ2n) is 4.98. The smallest absolute Gasteiger partial charge is 0.0434 e. The van der Waals surface area contributed by atoms with Gasteiger partial charge >= 0.3 is 0 Å². The van der Waals surface area contributed by atoms with E-state index in [0.29, 0.717) is 5.92 Å². The first-order valence-corrected chi connectivity index (χ1v) is 6.75. The molecule has 3 nitrogen and oxygen atoms in total. The molecule has 1 atom stereocenters. The molecule has 0 spiro atoms. The first kappa shape index (κ1) is 15.0. The zero-order chi connectivity index (χ0) is 13.4. The maximum Gasteiger partial charge on any atom is 0.0434 e. The average Bonchev–Trinajstić information content (AvgIpc) is 2.38. The Hall–Kier alpha value is -1.06. The van der Waals surface area contributed by atoms with E-state index in [0.717, 1.165) is 25.9 Å². The van der Waals surface area contributed by atoms with Gasteiger partial charge in [0.05, 0.1) is 0 Å². The van der Waals surface area contributed by atoms with E-state index >= 15 is 0 Å². The number of hydrogen-bond donors (Lipinski definition) is 2. The molecule has 0 radical (unpaired) electrons. The molecule has 1 aromatic rings. The van der Waals surface area contributed by atoms with Crippen molar-refractivity contribution >= 4 is 5.69 Å². The molecule has 0 heterocycles. The summed E-state index contributed by atoms with van der Waals surface area (Å²) in [4.78, 5) is 2.10. The molecule has 0 aliphatic rings. The fourth-order valence-corrected chi connectivity index (χ4v) is 1.97. The number of benzene rings is 1. The Bertz CT molecular complexity index is 322. The highest BCUT2D eigenvalue weighted by molar-refractivity contribution is 5.45. The predicted molar refractivity (Wildman–Crippen MR) is 78.0 cm³/mol. The molecule has 0 saturated carbocycles. The van der Waals surface area contributed by atoms with Crippen LogP contribution in [0.4, 0.5) is 5.69 Å². The summed E-state index contributed by atoms with van der Waals surface area (Å²) >= 11 is 0. The fraction of sp³-hybridized carbons (Fsp3) is 0.600. The molecule has 0 saturated heterocycles. The van der Waals surface area contributed by atoms with Gasteiger partial charge in [0.25, 0.3) is 0 Å². The molecule has 18 heavy (non-hydrogen) atoms. The maximum absolute atomic E-state index is 8.93. The number of rotatable bonds is 8. The van der Waals surface area contributed by atoms with Gasteiger partial charge in [0.2, 0.25) is 0 Å². The highest BCUT2D eigenvalue weighted by Crippen LogP contribution is 2.12. The number of nitrogens with zero attached hydrogens (tertiary/aromatic N) is 1. The summed E-state index contributed by atoms with van der Waals surface area (Å²) < 4.78 is 0. The molecule has 1 unspecified atom stereocenters. The van der Waals surface area contributed by atoms with Gasteiger partial charge in [-0.2, -0.15) is 0 Å². The summed E-state index contributed by atoms with van der Waals surface area (Å²) in [5, 5.41) is 12.4. The van der Waals surface area contributed by atoms with Crippen LogP contribution in [0, 0.1) is 5.92 Å². The molecule has 1 aromatic carbocycles. The van der Waals surface area contributed by atoms with E-state index in [1.807, 2.05) is 14.1 Å². The van der Waals surface area contributed by atoms with Gasteiger partial charge in [-0.1, -0.05) is 25.5 Å². The number of nitrogens with one attached hydrogen (secondary N) is 1. The first-order chi connectivity index (χ1) is 8.67. The SMILES string of the molecule is CCC(CCO)CNCc1ccc(N(C)C)cc1. The highest BCUT2D eigenvalue weighted by atomic mass is 16.3. The van der Waals surface area contributed by atoms with Crippen LogP contribution in [0.15, 0.2) is 24.3 Å². The van der Waals surface area contributed by atoms with Crippen LogP contribution in [0.2, 0.25) is 0 Å². The summed E-state index contributed by atoms with van der Waals surface area (Å²) in [6, 6.07) is 8.61. The highest BCUT2D eigenvalue weighted by Gasteiger charge is 2.04. The van der Waals surface area contributed by atoms with Crippen molar-refractivity contribution in [3.8, 4) is 0 Å². The Morgan fingerprint density at radius 1 is 1.22 bits per heavy atom.